The van der Waals surface area contributed by atoms with Crippen molar-refractivity contribution in [2.75, 3.05) is 0 Å². The highest BCUT2D eigenvalue weighted by Gasteiger charge is 2.37. The number of aliphatic hydroxyl groups is 1. The Kier molecular flexibility index (Phi) is 3.19. The normalized spacial score (nSPS) is 37.5. The zero-order valence-corrected chi connectivity index (χ0v) is 10.4. The molecule has 92 valence electrons. The maximum Gasteiger partial charge on any atom is 0.0611 e. The van der Waals surface area contributed by atoms with Gasteiger partial charge in [-0.05, 0) is 30.2 Å². The van der Waals surface area contributed by atoms with E-state index in [1.165, 1.54) is 37.7 Å². The molecule has 4 atom stereocenters. The molecule has 1 heteroatoms. The topological polar surface area (TPSA) is 20.2 Å². The first-order chi connectivity index (χ1) is 8.34. The van der Waals surface area contributed by atoms with E-state index in [1.54, 1.807) is 0 Å². The second-order valence-corrected chi connectivity index (χ2v) is 5.86. The molecule has 2 fully saturated rings. The van der Waals surface area contributed by atoms with Crippen LogP contribution in [0, 0.1) is 11.8 Å². The minimum Gasteiger partial charge on any atom is -0.392 e. The molecule has 17 heavy (non-hydrogen) atoms. The monoisotopic (exact) mass is 230 g/mol. The zero-order valence-electron chi connectivity index (χ0n) is 10.4. The lowest BCUT2D eigenvalue weighted by Gasteiger charge is -2.42. The number of hydrogen-bond donors (Lipinski definition) is 1. The van der Waals surface area contributed by atoms with Gasteiger partial charge in [0.25, 0.3) is 0 Å². The number of rotatable bonds is 1. The summed E-state index contributed by atoms with van der Waals surface area (Å²) >= 11 is 0. The van der Waals surface area contributed by atoms with E-state index in [0.29, 0.717) is 5.92 Å². The lowest BCUT2D eigenvalue weighted by atomic mass is 9.65. The highest BCUT2D eigenvalue weighted by molar-refractivity contribution is 5.21. The Bertz CT molecular complexity index is 359. The van der Waals surface area contributed by atoms with Crippen LogP contribution in [-0.4, -0.2) is 11.2 Å². The molecular weight excluding hydrogens is 208 g/mol. The molecule has 0 radical (unpaired) electrons. The Labute approximate surface area is 104 Å². The minimum absolute atomic E-state index is 0.114. The molecule has 0 saturated heterocycles. The summed E-state index contributed by atoms with van der Waals surface area (Å²) in [6, 6.07) is 10.6. The lowest BCUT2D eigenvalue weighted by Crippen LogP contribution is -2.35. The second kappa shape index (κ2) is 4.81. The van der Waals surface area contributed by atoms with Crippen molar-refractivity contribution in [2.45, 2.75) is 50.5 Å². The molecule has 4 unspecified atom stereocenters. The third kappa shape index (κ3) is 2.26. The Balaban J connectivity index is 1.78. The van der Waals surface area contributed by atoms with Gasteiger partial charge in [-0.15, -0.1) is 0 Å². The Morgan fingerprint density at radius 2 is 1.53 bits per heavy atom. The SMILES string of the molecule is OC1CC2CCCCC2CC1c1ccccc1. The molecular formula is C16H22O. The highest BCUT2D eigenvalue weighted by atomic mass is 16.3. The van der Waals surface area contributed by atoms with E-state index in [2.05, 4.69) is 30.3 Å². The van der Waals surface area contributed by atoms with Gasteiger partial charge in [0.2, 0.25) is 0 Å². The van der Waals surface area contributed by atoms with E-state index >= 15 is 0 Å². The average molecular weight is 230 g/mol. The van der Waals surface area contributed by atoms with Gasteiger partial charge in [0.1, 0.15) is 0 Å². The maximum absolute atomic E-state index is 10.4. The van der Waals surface area contributed by atoms with Crippen LogP contribution in [-0.2, 0) is 0 Å². The molecule has 0 bridgehead atoms. The fourth-order valence-electron chi connectivity index (χ4n) is 3.92. The van der Waals surface area contributed by atoms with Gasteiger partial charge < -0.3 is 5.11 Å². The molecule has 0 spiro atoms. The van der Waals surface area contributed by atoms with Crippen LogP contribution in [0.1, 0.15) is 50.0 Å². The van der Waals surface area contributed by atoms with E-state index in [0.717, 1.165) is 18.3 Å². The van der Waals surface area contributed by atoms with Crippen molar-refractivity contribution in [3.8, 4) is 0 Å². The molecule has 0 aromatic heterocycles. The lowest BCUT2D eigenvalue weighted by molar-refractivity contribution is 0.0294. The van der Waals surface area contributed by atoms with Gasteiger partial charge in [0.15, 0.2) is 0 Å². The predicted molar refractivity (Wildman–Crippen MR) is 69.9 cm³/mol. The largest absolute Gasteiger partial charge is 0.392 e. The van der Waals surface area contributed by atoms with Crippen LogP contribution in [0.4, 0.5) is 0 Å². The third-order valence-corrected chi connectivity index (χ3v) is 4.86. The smallest absolute Gasteiger partial charge is 0.0611 e. The molecule has 1 aromatic carbocycles. The van der Waals surface area contributed by atoms with Gasteiger partial charge in [0.05, 0.1) is 6.10 Å². The summed E-state index contributed by atoms with van der Waals surface area (Å²) in [6.45, 7) is 0. The Morgan fingerprint density at radius 3 is 2.24 bits per heavy atom. The van der Waals surface area contributed by atoms with Gasteiger partial charge in [-0.1, -0.05) is 56.0 Å². The van der Waals surface area contributed by atoms with Crippen molar-refractivity contribution in [1.82, 2.24) is 0 Å². The van der Waals surface area contributed by atoms with Crippen molar-refractivity contribution in [3.05, 3.63) is 35.9 Å². The first-order valence-electron chi connectivity index (χ1n) is 7.07. The van der Waals surface area contributed by atoms with Crippen molar-refractivity contribution >= 4 is 0 Å². The quantitative estimate of drug-likeness (QED) is 0.779. The first-order valence-corrected chi connectivity index (χ1v) is 7.07. The van der Waals surface area contributed by atoms with E-state index in [4.69, 9.17) is 0 Å². The van der Waals surface area contributed by atoms with E-state index in [9.17, 15) is 5.11 Å². The summed E-state index contributed by atoms with van der Waals surface area (Å²) in [5, 5.41) is 10.4. The Hall–Kier alpha value is -0.820. The zero-order chi connectivity index (χ0) is 11.7. The number of aliphatic hydroxyl groups excluding tert-OH is 1. The molecule has 2 saturated carbocycles. The van der Waals surface area contributed by atoms with Crippen LogP contribution in [0.5, 0.6) is 0 Å². The van der Waals surface area contributed by atoms with Crippen LogP contribution < -0.4 is 0 Å². The fourth-order valence-corrected chi connectivity index (χ4v) is 3.92. The van der Waals surface area contributed by atoms with Gasteiger partial charge in [-0.2, -0.15) is 0 Å². The molecule has 1 nitrogen and oxygen atoms in total. The summed E-state index contributed by atoms with van der Waals surface area (Å²) in [5.41, 5.74) is 1.34. The van der Waals surface area contributed by atoms with Gasteiger partial charge in [0, 0.05) is 5.92 Å². The average Bonchev–Trinajstić information content (AvgIpc) is 2.39. The molecule has 1 aromatic rings. The minimum atomic E-state index is -0.114. The third-order valence-electron chi connectivity index (χ3n) is 4.86. The highest BCUT2D eigenvalue weighted by Crippen LogP contribution is 2.46. The molecule has 2 aliphatic rings. The molecule has 0 aliphatic heterocycles. The molecule has 3 rings (SSSR count). The molecule has 0 heterocycles. The van der Waals surface area contributed by atoms with Crippen LogP contribution in [0.3, 0.4) is 0 Å². The number of benzene rings is 1. The van der Waals surface area contributed by atoms with E-state index < -0.39 is 0 Å². The van der Waals surface area contributed by atoms with Crippen molar-refractivity contribution in [2.24, 2.45) is 11.8 Å². The van der Waals surface area contributed by atoms with Gasteiger partial charge in [-0.25, -0.2) is 0 Å². The van der Waals surface area contributed by atoms with E-state index in [-0.39, 0.29) is 6.10 Å². The maximum atomic E-state index is 10.4. The second-order valence-electron chi connectivity index (χ2n) is 5.86. The van der Waals surface area contributed by atoms with Gasteiger partial charge in [-0.3, -0.25) is 0 Å². The molecule has 0 amide bonds. The molecule has 2 aliphatic carbocycles. The predicted octanol–water partition coefficient (Wildman–Crippen LogP) is 3.73. The summed E-state index contributed by atoms with van der Waals surface area (Å²) in [7, 11) is 0. The van der Waals surface area contributed by atoms with E-state index in [1.807, 2.05) is 0 Å². The number of hydrogen-bond acceptors (Lipinski definition) is 1. The van der Waals surface area contributed by atoms with Crippen molar-refractivity contribution in [3.63, 3.8) is 0 Å². The first kappa shape index (κ1) is 11.3. The molecule has 1 N–H and O–H groups in total. The fraction of sp³-hybridized carbons (Fsp3) is 0.625. The summed E-state index contributed by atoms with van der Waals surface area (Å²) in [5.74, 6) is 2.06. The van der Waals surface area contributed by atoms with Gasteiger partial charge >= 0.3 is 0 Å². The Morgan fingerprint density at radius 1 is 0.882 bits per heavy atom. The standard InChI is InChI=1S/C16H22O/c17-16-11-14-9-5-4-8-13(14)10-15(16)12-6-2-1-3-7-12/h1-3,6-7,13-17H,4-5,8-11H2. The number of fused-ring (bicyclic) bond motifs is 1. The van der Waals surface area contributed by atoms with Crippen LogP contribution in [0.15, 0.2) is 30.3 Å². The van der Waals surface area contributed by atoms with Crippen LogP contribution in [0.2, 0.25) is 0 Å². The van der Waals surface area contributed by atoms with Crippen molar-refractivity contribution in [1.29, 1.82) is 0 Å². The van der Waals surface area contributed by atoms with Crippen molar-refractivity contribution < 1.29 is 5.11 Å². The summed E-state index contributed by atoms with van der Waals surface area (Å²) < 4.78 is 0. The summed E-state index contributed by atoms with van der Waals surface area (Å²) in [4.78, 5) is 0. The summed E-state index contributed by atoms with van der Waals surface area (Å²) in [6.07, 6.45) is 7.64. The van der Waals surface area contributed by atoms with Crippen LogP contribution in [0.25, 0.3) is 0 Å². The van der Waals surface area contributed by atoms with Crippen LogP contribution >= 0.6 is 0 Å².